The molecule has 1 aliphatic carbocycles. The van der Waals surface area contributed by atoms with E-state index >= 15 is 0 Å². The van der Waals surface area contributed by atoms with Gasteiger partial charge in [0, 0.05) is 59.1 Å². The van der Waals surface area contributed by atoms with Gasteiger partial charge in [0.15, 0.2) is 0 Å². The highest BCUT2D eigenvalue weighted by atomic mass is 32.1. The van der Waals surface area contributed by atoms with E-state index in [4.69, 9.17) is 0 Å². The first-order valence-electron chi connectivity index (χ1n) is 20.8. The highest BCUT2D eigenvalue weighted by molar-refractivity contribution is 7.26. The second-order valence-corrected chi connectivity index (χ2v) is 17.6. The predicted octanol–water partition coefficient (Wildman–Crippen LogP) is 16.3. The minimum absolute atomic E-state index is 0.120. The minimum atomic E-state index is -0.120. The summed E-state index contributed by atoms with van der Waals surface area (Å²) in [6.45, 7) is 4.73. The molecular weight excluding hydrogens is 745 g/mol. The van der Waals surface area contributed by atoms with Crippen LogP contribution in [0.2, 0.25) is 0 Å². The molecule has 9 aromatic carbocycles. The van der Waals surface area contributed by atoms with E-state index in [1.54, 1.807) is 0 Å². The fourth-order valence-corrected chi connectivity index (χ4v) is 11.1. The molecule has 2 aromatic heterocycles. The average molecular weight is 785 g/mol. The number of hydrogen-bond acceptors (Lipinski definition) is 2. The summed E-state index contributed by atoms with van der Waals surface area (Å²) in [6, 6.07) is 76.0. The van der Waals surface area contributed by atoms with Gasteiger partial charge in [-0.15, -0.1) is 11.3 Å². The Morgan fingerprint density at radius 3 is 1.73 bits per heavy atom. The first-order valence-corrected chi connectivity index (χ1v) is 21.6. The molecule has 0 radical (unpaired) electrons. The number of nitrogens with zero attached hydrogens (tertiary/aromatic N) is 2. The molecule has 0 amide bonds. The lowest BCUT2D eigenvalue weighted by Gasteiger charge is -2.28. The SMILES string of the molecule is CC1(C)c2ccccc2-c2ccc(N(c3ccc(-c4ccccc4)cc3)c3ccc4c(c3)c3c5sc6ccccc6c5ccc3n4-c3ccc(-c4ccccc4)cc3)cc21. The normalized spacial score (nSPS) is 13.0. The molecule has 0 fully saturated rings. The lowest BCUT2D eigenvalue weighted by atomic mass is 9.82. The van der Waals surface area contributed by atoms with Crippen LogP contribution in [0, 0.1) is 0 Å². The zero-order valence-corrected chi connectivity index (χ0v) is 34.2. The van der Waals surface area contributed by atoms with Crippen LogP contribution < -0.4 is 4.90 Å². The third kappa shape index (κ3) is 5.33. The van der Waals surface area contributed by atoms with Crippen molar-refractivity contribution in [1.29, 1.82) is 0 Å². The molecule has 0 unspecified atom stereocenters. The van der Waals surface area contributed by atoms with Crippen LogP contribution in [0.3, 0.4) is 0 Å². The predicted molar refractivity (Wildman–Crippen MR) is 257 cm³/mol. The van der Waals surface area contributed by atoms with Crippen LogP contribution in [0.1, 0.15) is 25.0 Å². The van der Waals surface area contributed by atoms with Crippen LogP contribution in [0.15, 0.2) is 206 Å². The van der Waals surface area contributed by atoms with Crippen molar-refractivity contribution in [3.63, 3.8) is 0 Å². The largest absolute Gasteiger partial charge is 0.310 e. The molecule has 0 bridgehead atoms. The smallest absolute Gasteiger partial charge is 0.0555 e. The average Bonchev–Trinajstić information content (AvgIpc) is 3.92. The van der Waals surface area contributed by atoms with E-state index in [2.05, 4.69) is 230 Å². The Morgan fingerprint density at radius 2 is 0.983 bits per heavy atom. The van der Waals surface area contributed by atoms with Gasteiger partial charge in [-0.3, -0.25) is 0 Å². The zero-order chi connectivity index (χ0) is 40.0. The topological polar surface area (TPSA) is 8.17 Å². The Balaban J connectivity index is 1.09. The van der Waals surface area contributed by atoms with E-state index in [9.17, 15) is 0 Å². The monoisotopic (exact) mass is 784 g/mol. The molecule has 0 aliphatic heterocycles. The number of fused-ring (bicyclic) bond motifs is 10. The molecule has 3 heteroatoms. The second-order valence-electron chi connectivity index (χ2n) is 16.5. The third-order valence-electron chi connectivity index (χ3n) is 12.8. The van der Waals surface area contributed by atoms with E-state index in [0.717, 1.165) is 22.7 Å². The molecule has 2 nitrogen and oxygen atoms in total. The van der Waals surface area contributed by atoms with Crippen LogP contribution in [0.5, 0.6) is 0 Å². The first-order chi connectivity index (χ1) is 29.5. The summed E-state index contributed by atoms with van der Waals surface area (Å²) in [5.41, 5.74) is 17.1. The van der Waals surface area contributed by atoms with Crippen molar-refractivity contribution in [3.8, 4) is 39.1 Å². The molecule has 0 saturated heterocycles. The van der Waals surface area contributed by atoms with Gasteiger partial charge >= 0.3 is 0 Å². The fourth-order valence-electron chi connectivity index (χ4n) is 9.84. The molecule has 0 N–H and O–H groups in total. The van der Waals surface area contributed by atoms with Gasteiger partial charge in [0.25, 0.3) is 0 Å². The van der Waals surface area contributed by atoms with Crippen LogP contribution in [0.25, 0.3) is 81.0 Å². The molecule has 0 atom stereocenters. The number of thiophene rings is 1. The van der Waals surface area contributed by atoms with Crippen molar-refractivity contribution < 1.29 is 0 Å². The van der Waals surface area contributed by atoms with Gasteiger partial charge in [0.05, 0.1) is 11.0 Å². The van der Waals surface area contributed by atoms with Gasteiger partial charge in [-0.25, -0.2) is 0 Å². The zero-order valence-electron chi connectivity index (χ0n) is 33.4. The van der Waals surface area contributed by atoms with Gasteiger partial charge in [-0.05, 0) is 111 Å². The van der Waals surface area contributed by atoms with Gasteiger partial charge in [0.2, 0.25) is 0 Å². The van der Waals surface area contributed by atoms with Crippen molar-refractivity contribution >= 4 is 70.4 Å². The summed E-state index contributed by atoms with van der Waals surface area (Å²) in [7, 11) is 0. The van der Waals surface area contributed by atoms with Crippen molar-refractivity contribution in [2.24, 2.45) is 0 Å². The quantitative estimate of drug-likeness (QED) is 0.163. The highest BCUT2D eigenvalue weighted by Crippen LogP contribution is 2.51. The Morgan fingerprint density at radius 1 is 0.417 bits per heavy atom. The third-order valence-corrected chi connectivity index (χ3v) is 14.0. The summed E-state index contributed by atoms with van der Waals surface area (Å²) in [5.74, 6) is 0. The maximum absolute atomic E-state index is 2.46. The van der Waals surface area contributed by atoms with Crippen LogP contribution in [-0.2, 0) is 5.41 Å². The van der Waals surface area contributed by atoms with E-state index in [-0.39, 0.29) is 5.41 Å². The lowest BCUT2D eigenvalue weighted by Crippen LogP contribution is -2.16. The number of hydrogen-bond donors (Lipinski definition) is 0. The number of rotatable bonds is 6. The first kappa shape index (κ1) is 34.8. The van der Waals surface area contributed by atoms with Crippen molar-refractivity contribution in [1.82, 2.24) is 4.57 Å². The number of benzene rings is 9. The Labute approximate surface area is 353 Å². The van der Waals surface area contributed by atoms with Gasteiger partial charge in [-0.2, -0.15) is 0 Å². The molecule has 2 heterocycles. The van der Waals surface area contributed by atoms with Gasteiger partial charge in [0.1, 0.15) is 0 Å². The van der Waals surface area contributed by atoms with E-state index in [1.165, 1.54) is 86.5 Å². The number of aromatic nitrogens is 1. The second kappa shape index (κ2) is 13.4. The molecule has 1 aliphatic rings. The summed E-state index contributed by atoms with van der Waals surface area (Å²) in [4.78, 5) is 2.45. The Hall–Kier alpha value is -7.20. The molecule has 11 aromatic rings. The van der Waals surface area contributed by atoms with Crippen LogP contribution in [0.4, 0.5) is 17.1 Å². The maximum atomic E-state index is 2.46. The summed E-state index contributed by atoms with van der Waals surface area (Å²) >= 11 is 1.90. The summed E-state index contributed by atoms with van der Waals surface area (Å²) in [6.07, 6.45) is 0. The Bertz CT molecular complexity index is 3430. The minimum Gasteiger partial charge on any atom is -0.310 e. The van der Waals surface area contributed by atoms with Gasteiger partial charge in [-0.1, -0.05) is 153 Å². The molecule has 60 heavy (non-hydrogen) atoms. The molecular formula is C57H40N2S. The van der Waals surface area contributed by atoms with Crippen molar-refractivity contribution in [2.45, 2.75) is 19.3 Å². The molecule has 12 rings (SSSR count). The molecule has 284 valence electrons. The van der Waals surface area contributed by atoms with E-state index in [1.807, 2.05) is 11.3 Å². The van der Waals surface area contributed by atoms with Gasteiger partial charge < -0.3 is 9.47 Å². The van der Waals surface area contributed by atoms with Crippen LogP contribution in [-0.4, -0.2) is 4.57 Å². The summed E-state index contributed by atoms with van der Waals surface area (Å²) < 4.78 is 5.10. The van der Waals surface area contributed by atoms with Crippen LogP contribution >= 0.6 is 11.3 Å². The molecule has 0 saturated carbocycles. The van der Waals surface area contributed by atoms with E-state index < -0.39 is 0 Å². The maximum Gasteiger partial charge on any atom is 0.0555 e. The van der Waals surface area contributed by atoms with Crippen molar-refractivity contribution in [3.05, 3.63) is 217 Å². The standard InChI is InChI=1S/C57H40N2S/c1-57(2)50-19-11-9-17-45(50)46-31-29-44(36-51(46)57)58(41-25-21-39(22-26-41)37-13-5-3-6-14-37)43-30-33-52-49(35-43)55-53(34-32-48-47-18-10-12-20-54(47)60-56(48)55)59(52)42-27-23-40(24-28-42)38-15-7-4-8-16-38/h3-36H,1-2H3. The highest BCUT2D eigenvalue weighted by Gasteiger charge is 2.36. The molecule has 0 spiro atoms. The summed E-state index contributed by atoms with van der Waals surface area (Å²) in [5, 5.41) is 5.15. The van der Waals surface area contributed by atoms with Crippen molar-refractivity contribution in [2.75, 3.05) is 4.90 Å². The Kier molecular flexibility index (Phi) is 7.79. The van der Waals surface area contributed by atoms with E-state index in [0.29, 0.717) is 0 Å². The number of anilines is 3. The fraction of sp³-hybridized carbons (Fsp3) is 0.0526. The lowest BCUT2D eigenvalue weighted by molar-refractivity contribution is 0.660.